The molecule has 1 unspecified atom stereocenters. The van der Waals surface area contributed by atoms with Crippen LogP contribution in [0.3, 0.4) is 0 Å². The highest BCUT2D eigenvalue weighted by Gasteiger charge is 2.22. The number of amides is 1. The number of primary amides is 1. The van der Waals surface area contributed by atoms with Crippen LogP contribution in [-0.2, 0) is 4.79 Å². The van der Waals surface area contributed by atoms with Crippen LogP contribution in [0.1, 0.15) is 46.0 Å². The Hall–Kier alpha value is -0.610. The molecule has 2 aliphatic rings. The van der Waals surface area contributed by atoms with Crippen molar-refractivity contribution in [3.63, 3.8) is 0 Å². The second-order valence-electron chi connectivity index (χ2n) is 7.16. The number of rotatable bonds is 7. The molecule has 2 saturated heterocycles. The third kappa shape index (κ3) is 7.96. The second-order valence-corrected chi connectivity index (χ2v) is 7.16. The molecular formula is C18H37IN6O. The van der Waals surface area contributed by atoms with Crippen LogP contribution in [0, 0.1) is 0 Å². The van der Waals surface area contributed by atoms with Crippen LogP contribution in [0.15, 0.2) is 4.99 Å². The fourth-order valence-electron chi connectivity index (χ4n) is 3.85. The lowest BCUT2D eigenvalue weighted by atomic mass is 10.0. The minimum atomic E-state index is -0.241. The molecule has 0 aromatic heterocycles. The van der Waals surface area contributed by atoms with E-state index in [4.69, 9.17) is 10.7 Å². The van der Waals surface area contributed by atoms with Gasteiger partial charge in [0, 0.05) is 31.7 Å². The molecule has 0 radical (unpaired) electrons. The van der Waals surface area contributed by atoms with Gasteiger partial charge in [0.2, 0.25) is 5.91 Å². The molecule has 2 heterocycles. The molecule has 8 heteroatoms. The molecule has 0 bridgehead atoms. The highest BCUT2D eigenvalue weighted by Crippen LogP contribution is 2.16. The van der Waals surface area contributed by atoms with Gasteiger partial charge in [-0.05, 0) is 45.7 Å². The lowest BCUT2D eigenvalue weighted by Crippen LogP contribution is -2.50. The Balaban J connectivity index is 0.00000338. The predicted molar refractivity (Wildman–Crippen MR) is 118 cm³/mol. The SMILES string of the molecule is CCNC(=NCC1CCCCN1CC)NC1CCN(CC(N)=O)CC1.I. The molecule has 0 aromatic carbocycles. The summed E-state index contributed by atoms with van der Waals surface area (Å²) >= 11 is 0. The number of nitrogens with two attached hydrogens (primary N) is 1. The number of guanidine groups is 1. The molecular weight excluding hydrogens is 443 g/mol. The number of halogens is 1. The maximum Gasteiger partial charge on any atom is 0.231 e. The molecule has 1 amide bonds. The molecule has 152 valence electrons. The molecule has 0 spiro atoms. The Morgan fingerprint density at radius 1 is 1.15 bits per heavy atom. The van der Waals surface area contributed by atoms with Crippen molar-refractivity contribution >= 4 is 35.8 Å². The zero-order chi connectivity index (χ0) is 18.1. The quantitative estimate of drug-likeness (QED) is 0.288. The van der Waals surface area contributed by atoms with Crippen molar-refractivity contribution in [2.45, 2.75) is 58.0 Å². The van der Waals surface area contributed by atoms with Crippen molar-refractivity contribution in [2.75, 3.05) is 45.8 Å². The van der Waals surface area contributed by atoms with Gasteiger partial charge in [-0.2, -0.15) is 0 Å². The number of nitrogens with zero attached hydrogens (tertiary/aromatic N) is 3. The fraction of sp³-hybridized carbons (Fsp3) is 0.889. The van der Waals surface area contributed by atoms with Crippen molar-refractivity contribution in [2.24, 2.45) is 10.7 Å². The summed E-state index contributed by atoms with van der Waals surface area (Å²) in [6, 6.07) is 0.988. The summed E-state index contributed by atoms with van der Waals surface area (Å²) in [7, 11) is 0. The van der Waals surface area contributed by atoms with Gasteiger partial charge in [-0.25, -0.2) is 0 Å². The van der Waals surface area contributed by atoms with Crippen LogP contribution >= 0.6 is 24.0 Å². The maximum absolute atomic E-state index is 11.0. The number of likely N-dealkylation sites (N-methyl/N-ethyl adjacent to an activating group) is 1. The first-order chi connectivity index (χ1) is 12.1. The van der Waals surface area contributed by atoms with E-state index in [2.05, 4.69) is 34.3 Å². The first-order valence-corrected chi connectivity index (χ1v) is 9.91. The summed E-state index contributed by atoms with van der Waals surface area (Å²) in [4.78, 5) is 20.6. The largest absolute Gasteiger partial charge is 0.369 e. The highest BCUT2D eigenvalue weighted by atomic mass is 127. The number of aliphatic imine (C=N–C) groups is 1. The normalized spacial score (nSPS) is 23.3. The number of nitrogens with one attached hydrogen (secondary N) is 2. The summed E-state index contributed by atoms with van der Waals surface area (Å²) < 4.78 is 0. The number of carbonyl (C=O) groups excluding carboxylic acids is 1. The molecule has 2 rings (SSSR count). The van der Waals surface area contributed by atoms with Gasteiger partial charge >= 0.3 is 0 Å². The molecule has 0 aliphatic carbocycles. The van der Waals surface area contributed by atoms with Crippen LogP contribution < -0.4 is 16.4 Å². The monoisotopic (exact) mass is 480 g/mol. The van der Waals surface area contributed by atoms with Gasteiger partial charge in [-0.3, -0.25) is 19.6 Å². The van der Waals surface area contributed by atoms with Crippen LogP contribution in [0.25, 0.3) is 0 Å². The lowest BCUT2D eigenvalue weighted by molar-refractivity contribution is -0.119. The van der Waals surface area contributed by atoms with Crippen molar-refractivity contribution in [1.29, 1.82) is 0 Å². The molecule has 0 saturated carbocycles. The van der Waals surface area contributed by atoms with E-state index in [0.717, 1.165) is 51.5 Å². The van der Waals surface area contributed by atoms with Gasteiger partial charge in [0.1, 0.15) is 0 Å². The molecule has 7 nitrogen and oxygen atoms in total. The average Bonchev–Trinajstić information content (AvgIpc) is 2.61. The van der Waals surface area contributed by atoms with E-state index in [9.17, 15) is 4.79 Å². The van der Waals surface area contributed by atoms with Gasteiger partial charge < -0.3 is 16.4 Å². The Morgan fingerprint density at radius 3 is 2.50 bits per heavy atom. The van der Waals surface area contributed by atoms with Gasteiger partial charge in [0.15, 0.2) is 5.96 Å². The molecule has 1 atom stereocenters. The lowest BCUT2D eigenvalue weighted by Gasteiger charge is -2.34. The zero-order valence-electron chi connectivity index (χ0n) is 16.4. The third-order valence-corrected chi connectivity index (χ3v) is 5.27. The zero-order valence-corrected chi connectivity index (χ0v) is 18.7. The van der Waals surface area contributed by atoms with E-state index in [1.807, 2.05) is 0 Å². The summed E-state index contributed by atoms with van der Waals surface area (Å²) in [6.07, 6.45) is 5.92. The number of carbonyl (C=O) groups is 1. The summed E-state index contributed by atoms with van der Waals surface area (Å²) in [5.74, 6) is 0.687. The van der Waals surface area contributed by atoms with Crippen molar-refractivity contribution in [1.82, 2.24) is 20.4 Å². The smallest absolute Gasteiger partial charge is 0.231 e. The van der Waals surface area contributed by atoms with Crippen LogP contribution in [-0.4, -0.2) is 79.6 Å². The van der Waals surface area contributed by atoms with E-state index in [1.165, 1.54) is 25.8 Å². The van der Waals surface area contributed by atoms with Crippen LogP contribution in [0.4, 0.5) is 0 Å². The number of likely N-dealkylation sites (tertiary alicyclic amines) is 2. The summed E-state index contributed by atoms with van der Waals surface area (Å²) in [5, 5.41) is 6.96. The van der Waals surface area contributed by atoms with Crippen molar-refractivity contribution in [3.8, 4) is 0 Å². The van der Waals surface area contributed by atoms with E-state index in [0.29, 0.717) is 18.6 Å². The highest BCUT2D eigenvalue weighted by molar-refractivity contribution is 14.0. The Morgan fingerprint density at radius 2 is 1.88 bits per heavy atom. The summed E-state index contributed by atoms with van der Waals surface area (Å²) in [5.41, 5.74) is 5.28. The van der Waals surface area contributed by atoms with E-state index < -0.39 is 0 Å². The number of hydrogen-bond donors (Lipinski definition) is 3. The first kappa shape index (κ1) is 23.4. The minimum Gasteiger partial charge on any atom is -0.369 e. The molecule has 26 heavy (non-hydrogen) atoms. The first-order valence-electron chi connectivity index (χ1n) is 9.91. The van der Waals surface area contributed by atoms with Crippen LogP contribution in [0.2, 0.25) is 0 Å². The predicted octanol–water partition coefficient (Wildman–Crippen LogP) is 0.984. The number of piperidine rings is 2. The topological polar surface area (TPSA) is 86.0 Å². The van der Waals surface area contributed by atoms with E-state index in [1.54, 1.807) is 0 Å². The van der Waals surface area contributed by atoms with Crippen molar-refractivity contribution < 1.29 is 4.79 Å². The molecule has 0 aromatic rings. The summed E-state index contributed by atoms with van der Waals surface area (Å²) in [6.45, 7) is 10.6. The molecule has 2 aliphatic heterocycles. The van der Waals surface area contributed by atoms with Gasteiger partial charge in [0.25, 0.3) is 0 Å². The van der Waals surface area contributed by atoms with Crippen molar-refractivity contribution in [3.05, 3.63) is 0 Å². The second kappa shape index (κ2) is 12.7. The van der Waals surface area contributed by atoms with Gasteiger partial charge in [0.05, 0.1) is 13.1 Å². The van der Waals surface area contributed by atoms with Crippen LogP contribution in [0.5, 0.6) is 0 Å². The Bertz CT molecular complexity index is 439. The average molecular weight is 480 g/mol. The van der Waals surface area contributed by atoms with Gasteiger partial charge in [-0.15, -0.1) is 24.0 Å². The maximum atomic E-state index is 11.0. The Labute approximate surface area is 175 Å². The Kier molecular flexibility index (Phi) is 11.5. The molecule has 2 fully saturated rings. The van der Waals surface area contributed by atoms with E-state index in [-0.39, 0.29) is 29.9 Å². The number of hydrogen-bond acceptors (Lipinski definition) is 4. The standard InChI is InChI=1S/C18H36N6O.HI/c1-3-20-18(21-13-16-7-5-6-10-24(16)4-2)22-15-8-11-23(12-9-15)14-17(19)25;/h15-16H,3-14H2,1-2H3,(H2,19,25)(H2,20,21,22);1H. The van der Waals surface area contributed by atoms with E-state index >= 15 is 0 Å². The third-order valence-electron chi connectivity index (χ3n) is 5.27. The molecule has 4 N–H and O–H groups in total. The van der Waals surface area contributed by atoms with Gasteiger partial charge in [-0.1, -0.05) is 13.3 Å². The minimum absolute atomic E-state index is 0. The fourth-order valence-corrected chi connectivity index (χ4v) is 3.85.